The highest BCUT2D eigenvalue weighted by Crippen LogP contribution is 2.22. The van der Waals surface area contributed by atoms with Gasteiger partial charge in [0.25, 0.3) is 5.91 Å². The van der Waals surface area contributed by atoms with E-state index in [1.165, 1.54) is 11.3 Å². The molecule has 0 aromatic carbocycles. The number of aryl methyl sites for hydroxylation is 1. The zero-order valence-electron chi connectivity index (χ0n) is 12.4. The summed E-state index contributed by atoms with van der Waals surface area (Å²) >= 11 is 1.39. The summed E-state index contributed by atoms with van der Waals surface area (Å²) in [4.78, 5) is 13.8. The highest BCUT2D eigenvalue weighted by molar-refractivity contribution is 7.14. The summed E-state index contributed by atoms with van der Waals surface area (Å²) in [6.07, 6.45) is 2.64. The number of aliphatic hydroxyl groups excluding tert-OH is 1. The van der Waals surface area contributed by atoms with Crippen LogP contribution in [0.4, 0.5) is 0 Å². The van der Waals surface area contributed by atoms with Crippen LogP contribution in [0.1, 0.15) is 46.3 Å². The van der Waals surface area contributed by atoms with Crippen LogP contribution in [0.5, 0.6) is 0 Å². The summed E-state index contributed by atoms with van der Waals surface area (Å²) in [6.45, 7) is 4.77. The van der Waals surface area contributed by atoms with Crippen molar-refractivity contribution >= 4 is 17.2 Å². The van der Waals surface area contributed by atoms with E-state index in [-0.39, 0.29) is 24.7 Å². The molecule has 4 nitrogen and oxygen atoms in total. The van der Waals surface area contributed by atoms with Crippen molar-refractivity contribution in [1.82, 2.24) is 5.32 Å². The van der Waals surface area contributed by atoms with E-state index >= 15 is 0 Å². The molecule has 0 saturated carbocycles. The first kappa shape index (κ1) is 16.0. The lowest BCUT2D eigenvalue weighted by Gasteiger charge is -2.19. The van der Waals surface area contributed by atoms with Crippen LogP contribution in [0, 0.1) is 18.8 Å². The van der Waals surface area contributed by atoms with Gasteiger partial charge < -0.3 is 15.2 Å². The maximum absolute atomic E-state index is 12.3. The van der Waals surface area contributed by atoms with E-state index in [9.17, 15) is 4.79 Å². The number of rotatable bonds is 4. The summed E-state index contributed by atoms with van der Waals surface area (Å²) in [6, 6.07) is 1.89. The van der Waals surface area contributed by atoms with E-state index in [0.717, 1.165) is 29.9 Å². The molecule has 1 fully saturated rings. The molecule has 2 rings (SSSR count). The van der Waals surface area contributed by atoms with E-state index in [1.54, 1.807) is 0 Å². The molecule has 2 atom stereocenters. The first-order valence-corrected chi connectivity index (χ1v) is 8.06. The molecule has 1 amide bonds. The summed E-state index contributed by atoms with van der Waals surface area (Å²) < 4.78 is 5.59. The molecule has 5 heteroatoms. The Balaban J connectivity index is 1.99. The number of hydrogen-bond acceptors (Lipinski definition) is 4. The van der Waals surface area contributed by atoms with Crippen molar-refractivity contribution in [3.05, 3.63) is 21.4 Å². The van der Waals surface area contributed by atoms with Gasteiger partial charge in [0, 0.05) is 13.0 Å². The summed E-state index contributed by atoms with van der Waals surface area (Å²) in [5.74, 6) is 5.82. The number of amides is 1. The minimum absolute atomic E-state index is 0.0197. The monoisotopic (exact) mass is 307 g/mol. The van der Waals surface area contributed by atoms with E-state index < -0.39 is 0 Å². The number of ether oxygens (including phenoxy) is 1. The van der Waals surface area contributed by atoms with Crippen LogP contribution in [0.2, 0.25) is 0 Å². The SMILES string of the molecule is Cc1cc(C(=O)NC(C)C2CCCO2)sc1C#CCCO. The molecule has 0 bridgehead atoms. The van der Waals surface area contributed by atoms with Gasteiger partial charge in [-0.05, 0) is 38.3 Å². The van der Waals surface area contributed by atoms with Gasteiger partial charge in [-0.15, -0.1) is 11.3 Å². The zero-order chi connectivity index (χ0) is 15.2. The minimum atomic E-state index is -0.0682. The van der Waals surface area contributed by atoms with E-state index in [1.807, 2.05) is 19.9 Å². The Labute approximate surface area is 129 Å². The van der Waals surface area contributed by atoms with E-state index in [4.69, 9.17) is 9.84 Å². The van der Waals surface area contributed by atoms with Crippen molar-refractivity contribution in [2.24, 2.45) is 0 Å². The maximum atomic E-state index is 12.3. The Kier molecular flexibility index (Phi) is 5.80. The van der Waals surface area contributed by atoms with Crippen LogP contribution in [0.15, 0.2) is 6.07 Å². The van der Waals surface area contributed by atoms with Crippen LogP contribution in [-0.4, -0.2) is 36.4 Å². The third kappa shape index (κ3) is 4.31. The fraction of sp³-hybridized carbons (Fsp3) is 0.562. The number of carbonyl (C=O) groups excluding carboxylic acids is 1. The topological polar surface area (TPSA) is 58.6 Å². The number of carbonyl (C=O) groups is 1. The van der Waals surface area contributed by atoms with E-state index in [2.05, 4.69) is 17.2 Å². The first-order chi connectivity index (χ1) is 10.1. The predicted molar refractivity (Wildman–Crippen MR) is 83.5 cm³/mol. The number of hydrogen-bond donors (Lipinski definition) is 2. The first-order valence-electron chi connectivity index (χ1n) is 7.24. The van der Waals surface area contributed by atoms with Crippen LogP contribution in [0.3, 0.4) is 0 Å². The van der Waals surface area contributed by atoms with E-state index in [0.29, 0.717) is 11.3 Å². The van der Waals surface area contributed by atoms with Gasteiger partial charge in [0.05, 0.1) is 28.5 Å². The second-order valence-corrected chi connectivity index (χ2v) is 6.26. The molecule has 1 aromatic heterocycles. The Morgan fingerprint density at radius 1 is 1.67 bits per heavy atom. The standard InChI is InChI=1S/C16H21NO3S/c1-11-10-15(21-14(11)7-3-4-8-18)16(19)17-12(2)13-6-5-9-20-13/h10,12-13,18H,4-6,8-9H2,1-2H3,(H,17,19). The Hall–Kier alpha value is -1.35. The minimum Gasteiger partial charge on any atom is -0.395 e. The second-order valence-electron chi connectivity index (χ2n) is 5.21. The van der Waals surface area contributed by atoms with Gasteiger partial charge in [0.1, 0.15) is 0 Å². The smallest absolute Gasteiger partial charge is 0.261 e. The summed E-state index contributed by atoms with van der Waals surface area (Å²) in [7, 11) is 0. The van der Waals surface area contributed by atoms with Gasteiger partial charge in [0.2, 0.25) is 0 Å². The van der Waals surface area contributed by atoms with Crippen LogP contribution in [0.25, 0.3) is 0 Å². The van der Waals surface area contributed by atoms with Gasteiger partial charge in [-0.2, -0.15) is 0 Å². The summed E-state index contributed by atoms with van der Waals surface area (Å²) in [5, 5.41) is 11.7. The normalized spacial score (nSPS) is 18.9. The fourth-order valence-corrected chi connectivity index (χ4v) is 3.23. The third-order valence-corrected chi connectivity index (χ3v) is 4.61. The molecular weight excluding hydrogens is 286 g/mol. The van der Waals surface area contributed by atoms with Crippen LogP contribution < -0.4 is 5.32 Å². The lowest BCUT2D eigenvalue weighted by molar-refractivity contribution is 0.0714. The molecule has 1 aliphatic rings. The quantitative estimate of drug-likeness (QED) is 0.838. The molecule has 0 radical (unpaired) electrons. The zero-order valence-corrected chi connectivity index (χ0v) is 13.3. The Bertz CT molecular complexity index is 550. The van der Waals surface area contributed by atoms with Crippen molar-refractivity contribution in [3.8, 4) is 11.8 Å². The largest absolute Gasteiger partial charge is 0.395 e. The number of nitrogens with one attached hydrogen (secondary N) is 1. The molecule has 1 aromatic rings. The molecule has 114 valence electrons. The molecule has 1 saturated heterocycles. The molecule has 0 aliphatic carbocycles. The van der Waals surface area contributed by atoms with Gasteiger partial charge in [-0.1, -0.05) is 11.8 Å². The van der Waals surface area contributed by atoms with Crippen molar-refractivity contribution in [2.75, 3.05) is 13.2 Å². The maximum Gasteiger partial charge on any atom is 0.261 e. The van der Waals surface area contributed by atoms with Crippen molar-refractivity contribution < 1.29 is 14.6 Å². The lowest BCUT2D eigenvalue weighted by atomic mass is 10.1. The van der Waals surface area contributed by atoms with Crippen LogP contribution in [-0.2, 0) is 4.74 Å². The van der Waals surface area contributed by atoms with Gasteiger partial charge in [-0.25, -0.2) is 0 Å². The van der Waals surface area contributed by atoms with Gasteiger partial charge in [-0.3, -0.25) is 4.79 Å². The summed E-state index contributed by atoms with van der Waals surface area (Å²) in [5.41, 5.74) is 1.00. The molecular formula is C16H21NO3S. The van der Waals surface area contributed by atoms with Crippen LogP contribution >= 0.6 is 11.3 Å². The van der Waals surface area contributed by atoms with Gasteiger partial charge >= 0.3 is 0 Å². The molecule has 2 heterocycles. The molecule has 21 heavy (non-hydrogen) atoms. The average Bonchev–Trinajstić information content (AvgIpc) is 3.09. The number of thiophene rings is 1. The number of aliphatic hydroxyl groups is 1. The lowest BCUT2D eigenvalue weighted by Crippen LogP contribution is -2.40. The van der Waals surface area contributed by atoms with Crippen molar-refractivity contribution in [2.45, 2.75) is 45.3 Å². The fourth-order valence-electron chi connectivity index (χ4n) is 2.28. The van der Waals surface area contributed by atoms with Gasteiger partial charge in [0.15, 0.2) is 0 Å². The molecule has 1 aliphatic heterocycles. The molecule has 2 N–H and O–H groups in total. The molecule has 0 spiro atoms. The average molecular weight is 307 g/mol. The molecule has 2 unspecified atom stereocenters. The second kappa shape index (κ2) is 7.60. The third-order valence-electron chi connectivity index (χ3n) is 3.46. The Morgan fingerprint density at radius 2 is 2.48 bits per heavy atom. The Morgan fingerprint density at radius 3 is 3.14 bits per heavy atom. The highest BCUT2D eigenvalue weighted by atomic mass is 32.1. The predicted octanol–water partition coefficient (Wildman–Crippen LogP) is 2.09. The highest BCUT2D eigenvalue weighted by Gasteiger charge is 2.24. The van der Waals surface area contributed by atoms with Crippen molar-refractivity contribution in [1.29, 1.82) is 0 Å². The van der Waals surface area contributed by atoms with Crippen molar-refractivity contribution in [3.63, 3.8) is 0 Å².